The molecular formula is C15H22N2O3S. The number of morpholine rings is 1. The summed E-state index contributed by atoms with van der Waals surface area (Å²) in [5.41, 5.74) is 0.242. The number of nitrogens with zero attached hydrogens (tertiary/aromatic N) is 2. The van der Waals surface area contributed by atoms with Crippen LogP contribution >= 0.6 is 11.3 Å². The number of hydrogen-bond donors (Lipinski definition) is 1. The number of carbonyl (C=O) groups excluding carboxylic acids is 1. The van der Waals surface area contributed by atoms with Crippen molar-refractivity contribution in [3.63, 3.8) is 0 Å². The molecule has 0 bridgehead atoms. The van der Waals surface area contributed by atoms with Crippen LogP contribution < -0.4 is 0 Å². The van der Waals surface area contributed by atoms with Gasteiger partial charge in [-0.1, -0.05) is 0 Å². The van der Waals surface area contributed by atoms with Gasteiger partial charge in [-0.2, -0.15) is 0 Å². The van der Waals surface area contributed by atoms with Gasteiger partial charge in [0, 0.05) is 26.2 Å². The molecule has 0 radical (unpaired) electrons. The Kier molecular flexibility index (Phi) is 4.31. The fraction of sp³-hybridized carbons (Fsp3) is 0.667. The van der Waals surface area contributed by atoms with Gasteiger partial charge in [0.2, 0.25) is 0 Å². The van der Waals surface area contributed by atoms with Crippen LogP contribution in [0, 0.1) is 6.92 Å². The largest absolute Gasteiger partial charge is 0.387 e. The zero-order chi connectivity index (χ0) is 14.9. The van der Waals surface area contributed by atoms with E-state index in [1.807, 2.05) is 18.4 Å². The van der Waals surface area contributed by atoms with E-state index in [1.165, 1.54) is 11.3 Å². The van der Waals surface area contributed by atoms with Gasteiger partial charge in [-0.25, -0.2) is 0 Å². The zero-order valence-electron chi connectivity index (χ0n) is 12.4. The minimum absolute atomic E-state index is 0.0559. The molecule has 0 aromatic carbocycles. The number of ether oxygens (including phenoxy) is 1. The highest BCUT2D eigenvalue weighted by molar-refractivity contribution is 7.12. The van der Waals surface area contributed by atoms with E-state index < -0.39 is 5.60 Å². The predicted octanol–water partition coefficient (Wildman–Crippen LogP) is 0.966. The fourth-order valence-electron chi connectivity index (χ4n) is 3.07. The summed E-state index contributed by atoms with van der Waals surface area (Å²) in [5.74, 6) is 0.0559. The summed E-state index contributed by atoms with van der Waals surface area (Å²) in [6.07, 6.45) is 0.653. The van der Waals surface area contributed by atoms with Gasteiger partial charge in [-0.3, -0.25) is 9.69 Å². The summed E-state index contributed by atoms with van der Waals surface area (Å²) in [6, 6.07) is 1.97. The van der Waals surface area contributed by atoms with Gasteiger partial charge in [0.15, 0.2) is 0 Å². The van der Waals surface area contributed by atoms with Crippen molar-refractivity contribution in [1.82, 2.24) is 9.80 Å². The van der Waals surface area contributed by atoms with E-state index in [-0.39, 0.29) is 5.91 Å². The van der Waals surface area contributed by atoms with Crippen LogP contribution in [-0.4, -0.2) is 72.4 Å². The fourth-order valence-corrected chi connectivity index (χ4v) is 3.96. The van der Waals surface area contributed by atoms with E-state index >= 15 is 0 Å². The van der Waals surface area contributed by atoms with Gasteiger partial charge in [-0.05, 0) is 30.4 Å². The molecule has 2 aliphatic rings. The van der Waals surface area contributed by atoms with Crippen molar-refractivity contribution in [2.45, 2.75) is 18.9 Å². The first-order valence-electron chi connectivity index (χ1n) is 7.43. The topological polar surface area (TPSA) is 53.0 Å². The molecule has 5 nitrogen and oxygen atoms in total. The second kappa shape index (κ2) is 6.04. The first-order valence-corrected chi connectivity index (χ1v) is 8.31. The molecule has 0 aliphatic carbocycles. The lowest BCUT2D eigenvalue weighted by Crippen LogP contribution is -2.49. The molecule has 1 N–H and O–H groups in total. The summed E-state index contributed by atoms with van der Waals surface area (Å²) in [6.45, 7) is 6.83. The third-order valence-corrected chi connectivity index (χ3v) is 5.30. The maximum absolute atomic E-state index is 12.5. The van der Waals surface area contributed by atoms with Crippen LogP contribution in [0.15, 0.2) is 11.4 Å². The summed E-state index contributed by atoms with van der Waals surface area (Å²) in [5, 5.41) is 12.7. The highest BCUT2D eigenvalue weighted by Gasteiger charge is 2.40. The van der Waals surface area contributed by atoms with E-state index in [1.54, 1.807) is 4.90 Å². The minimum atomic E-state index is -0.780. The number of amides is 1. The molecule has 0 unspecified atom stereocenters. The number of hydrogen-bond acceptors (Lipinski definition) is 5. The second-order valence-corrected chi connectivity index (χ2v) is 6.94. The van der Waals surface area contributed by atoms with Crippen molar-refractivity contribution in [2.75, 3.05) is 45.9 Å². The lowest BCUT2D eigenvalue weighted by molar-refractivity contribution is -0.0257. The lowest BCUT2D eigenvalue weighted by Gasteiger charge is -2.33. The van der Waals surface area contributed by atoms with Crippen molar-refractivity contribution in [3.05, 3.63) is 21.9 Å². The zero-order valence-corrected chi connectivity index (χ0v) is 13.2. The Labute approximate surface area is 129 Å². The molecule has 6 heteroatoms. The number of thiophene rings is 1. The third-order valence-electron chi connectivity index (χ3n) is 4.30. The highest BCUT2D eigenvalue weighted by Crippen LogP contribution is 2.26. The molecule has 116 valence electrons. The number of β-amino-alcohol motifs (C(OH)–C–C–N with tert-alkyl or cyclic N) is 1. The Morgan fingerprint density at radius 2 is 2.19 bits per heavy atom. The highest BCUT2D eigenvalue weighted by atomic mass is 32.1. The molecule has 3 heterocycles. The number of carbonyl (C=O) groups is 1. The standard InChI is InChI=1S/C15H22N2O3S/c1-12-2-9-21-13(12)14(18)17-4-3-15(19,11-17)10-16-5-7-20-8-6-16/h2,9,19H,3-8,10-11H2,1H3/t15-/m0/s1. The Morgan fingerprint density at radius 1 is 1.43 bits per heavy atom. The monoisotopic (exact) mass is 310 g/mol. The van der Waals surface area contributed by atoms with E-state index in [9.17, 15) is 9.90 Å². The van der Waals surface area contributed by atoms with Crippen LogP contribution in [0.1, 0.15) is 21.7 Å². The maximum Gasteiger partial charge on any atom is 0.264 e. The van der Waals surface area contributed by atoms with Crippen LogP contribution in [0.5, 0.6) is 0 Å². The van der Waals surface area contributed by atoms with Gasteiger partial charge in [0.1, 0.15) is 0 Å². The van der Waals surface area contributed by atoms with Gasteiger partial charge in [0.05, 0.1) is 30.2 Å². The Balaban J connectivity index is 1.61. The Bertz CT molecular complexity index is 513. The molecule has 2 fully saturated rings. The maximum atomic E-state index is 12.5. The van der Waals surface area contributed by atoms with Crippen LogP contribution in [0.3, 0.4) is 0 Å². The number of likely N-dealkylation sites (tertiary alicyclic amines) is 1. The molecule has 1 aromatic rings. The van der Waals surface area contributed by atoms with Gasteiger partial charge < -0.3 is 14.7 Å². The molecule has 1 atom stereocenters. The minimum Gasteiger partial charge on any atom is -0.387 e. The molecule has 2 saturated heterocycles. The molecule has 1 amide bonds. The van der Waals surface area contributed by atoms with Crippen LogP contribution in [0.2, 0.25) is 0 Å². The molecule has 2 aliphatic heterocycles. The normalized spacial score (nSPS) is 27.2. The van der Waals surface area contributed by atoms with E-state index in [0.29, 0.717) is 26.1 Å². The summed E-state index contributed by atoms with van der Waals surface area (Å²) >= 11 is 1.48. The predicted molar refractivity (Wildman–Crippen MR) is 81.8 cm³/mol. The molecule has 21 heavy (non-hydrogen) atoms. The van der Waals surface area contributed by atoms with Crippen LogP contribution in [0.25, 0.3) is 0 Å². The van der Waals surface area contributed by atoms with Gasteiger partial charge >= 0.3 is 0 Å². The Hall–Kier alpha value is -0.950. The van der Waals surface area contributed by atoms with Crippen LogP contribution in [0.4, 0.5) is 0 Å². The van der Waals surface area contributed by atoms with Gasteiger partial charge in [-0.15, -0.1) is 11.3 Å². The number of rotatable bonds is 3. The number of aliphatic hydroxyl groups is 1. The SMILES string of the molecule is Cc1ccsc1C(=O)N1CC[C@](O)(CN2CCOCC2)C1. The lowest BCUT2D eigenvalue weighted by atomic mass is 10.0. The average Bonchev–Trinajstić information content (AvgIpc) is 3.06. The molecular weight excluding hydrogens is 288 g/mol. The van der Waals surface area contributed by atoms with E-state index in [2.05, 4.69) is 4.90 Å². The molecule has 0 spiro atoms. The second-order valence-electron chi connectivity index (χ2n) is 6.02. The van der Waals surface area contributed by atoms with E-state index in [0.717, 1.165) is 36.7 Å². The van der Waals surface area contributed by atoms with Gasteiger partial charge in [0.25, 0.3) is 5.91 Å². The van der Waals surface area contributed by atoms with Crippen molar-refractivity contribution in [3.8, 4) is 0 Å². The van der Waals surface area contributed by atoms with Crippen molar-refractivity contribution < 1.29 is 14.6 Å². The smallest absolute Gasteiger partial charge is 0.264 e. The molecule has 3 rings (SSSR count). The summed E-state index contributed by atoms with van der Waals surface area (Å²) in [4.78, 5) is 17.3. The quantitative estimate of drug-likeness (QED) is 0.904. The third kappa shape index (κ3) is 3.29. The first-order chi connectivity index (χ1) is 10.1. The number of aryl methyl sites for hydroxylation is 1. The molecule has 0 saturated carbocycles. The van der Waals surface area contributed by atoms with Crippen molar-refractivity contribution in [1.29, 1.82) is 0 Å². The van der Waals surface area contributed by atoms with Crippen molar-refractivity contribution in [2.24, 2.45) is 0 Å². The summed E-state index contributed by atoms with van der Waals surface area (Å²) < 4.78 is 5.33. The Morgan fingerprint density at radius 3 is 2.86 bits per heavy atom. The van der Waals surface area contributed by atoms with Crippen LogP contribution in [-0.2, 0) is 4.74 Å². The van der Waals surface area contributed by atoms with Crippen molar-refractivity contribution >= 4 is 17.2 Å². The summed E-state index contributed by atoms with van der Waals surface area (Å²) in [7, 11) is 0. The molecule has 1 aromatic heterocycles. The average molecular weight is 310 g/mol. The first kappa shape index (κ1) is 15.0. The van der Waals surface area contributed by atoms with E-state index in [4.69, 9.17) is 4.74 Å².